The van der Waals surface area contributed by atoms with E-state index in [9.17, 15) is 18.0 Å². The molecule has 2 aliphatic heterocycles. The average Bonchev–Trinajstić information content (AvgIpc) is 3.45. The molecule has 0 spiro atoms. The molecule has 1 aromatic carbocycles. The number of rotatable bonds is 4. The van der Waals surface area contributed by atoms with E-state index in [1.165, 1.54) is 0 Å². The van der Waals surface area contributed by atoms with Gasteiger partial charge in [0.2, 0.25) is 5.91 Å². The predicted octanol–water partition coefficient (Wildman–Crippen LogP) is 4.67. The Hall–Kier alpha value is -2.65. The van der Waals surface area contributed by atoms with Gasteiger partial charge in [0.15, 0.2) is 0 Å². The Morgan fingerprint density at radius 1 is 1.30 bits per heavy atom. The van der Waals surface area contributed by atoms with Crippen LogP contribution >= 0.6 is 0 Å². The molecule has 0 unspecified atom stereocenters. The van der Waals surface area contributed by atoms with Crippen LogP contribution in [0.4, 0.5) is 13.2 Å². The maximum absolute atomic E-state index is 14.1. The van der Waals surface area contributed by atoms with E-state index in [0.717, 1.165) is 55.7 Å². The first-order valence-electron chi connectivity index (χ1n) is 13.1. The van der Waals surface area contributed by atoms with Gasteiger partial charge in [0.05, 0.1) is 17.0 Å². The average molecular weight is 516 g/mol. The standard InChI is InChI=1S/C28H32F3N3O3/c1-36-24-16-37-23-7-3-2-6-21(23)25(24)33-20-12-18-5-4-9-27(18,13-20)26(35)34-10-8-22-17(15-34)11-19(14-32-22)28(29,30)31/h2-3,6-7,11,14,18,20,24-25,33H,4-5,8-10,12-13,15-16H2,1H3/t18-,20-,24+,25+,27-/m1/s1. The smallest absolute Gasteiger partial charge is 0.417 e. The molecule has 1 amide bonds. The van der Waals surface area contributed by atoms with Crippen LogP contribution in [0.25, 0.3) is 0 Å². The van der Waals surface area contributed by atoms with Crippen LogP contribution in [0.1, 0.15) is 60.5 Å². The van der Waals surface area contributed by atoms with Crippen molar-refractivity contribution in [3.05, 3.63) is 58.9 Å². The van der Waals surface area contributed by atoms with Gasteiger partial charge in [-0.25, -0.2) is 0 Å². The van der Waals surface area contributed by atoms with Crippen LogP contribution in [0.3, 0.4) is 0 Å². The molecule has 3 heterocycles. The molecule has 2 aliphatic carbocycles. The third-order valence-corrected chi connectivity index (χ3v) is 8.96. The lowest BCUT2D eigenvalue weighted by Crippen LogP contribution is -2.47. The fraction of sp³-hybridized carbons (Fsp3) is 0.571. The molecule has 4 aliphatic rings. The highest BCUT2D eigenvalue weighted by Gasteiger charge is 2.56. The van der Waals surface area contributed by atoms with Gasteiger partial charge in [-0.15, -0.1) is 0 Å². The third kappa shape index (κ3) is 4.30. The monoisotopic (exact) mass is 515 g/mol. The maximum Gasteiger partial charge on any atom is 0.417 e. The zero-order valence-electron chi connectivity index (χ0n) is 20.9. The Labute approximate surface area is 214 Å². The van der Waals surface area contributed by atoms with Crippen molar-refractivity contribution in [1.29, 1.82) is 0 Å². The van der Waals surface area contributed by atoms with E-state index in [4.69, 9.17) is 9.47 Å². The number of ether oxygens (including phenoxy) is 2. The summed E-state index contributed by atoms with van der Waals surface area (Å²) < 4.78 is 51.5. The van der Waals surface area contributed by atoms with Crippen LogP contribution in [-0.4, -0.2) is 48.2 Å². The second-order valence-electron chi connectivity index (χ2n) is 11.0. The third-order valence-electron chi connectivity index (χ3n) is 8.96. The molecule has 5 atom stereocenters. The number of fused-ring (bicyclic) bond motifs is 3. The van der Waals surface area contributed by atoms with E-state index in [2.05, 4.69) is 16.4 Å². The summed E-state index contributed by atoms with van der Waals surface area (Å²) in [6.07, 6.45) is 1.29. The zero-order valence-corrected chi connectivity index (χ0v) is 20.9. The van der Waals surface area contributed by atoms with Gasteiger partial charge in [-0.2, -0.15) is 13.2 Å². The topological polar surface area (TPSA) is 63.7 Å². The second-order valence-corrected chi connectivity index (χ2v) is 11.0. The minimum Gasteiger partial charge on any atom is -0.490 e. The molecule has 198 valence electrons. The van der Waals surface area contributed by atoms with Crippen LogP contribution < -0.4 is 10.1 Å². The van der Waals surface area contributed by atoms with E-state index in [1.54, 1.807) is 12.0 Å². The van der Waals surface area contributed by atoms with Crippen molar-refractivity contribution in [2.45, 2.75) is 69.4 Å². The van der Waals surface area contributed by atoms with Gasteiger partial charge in [-0.05, 0) is 49.3 Å². The number of methoxy groups -OCH3 is 1. The van der Waals surface area contributed by atoms with E-state index < -0.39 is 17.2 Å². The number of para-hydroxylation sites is 1. The van der Waals surface area contributed by atoms with Gasteiger partial charge in [-0.3, -0.25) is 9.78 Å². The Morgan fingerprint density at radius 2 is 2.14 bits per heavy atom. The van der Waals surface area contributed by atoms with Gasteiger partial charge in [0.25, 0.3) is 0 Å². The first-order chi connectivity index (χ1) is 17.8. The number of halogens is 3. The first-order valence-corrected chi connectivity index (χ1v) is 13.1. The number of carbonyl (C=O) groups excluding carboxylic acids is 1. The lowest BCUT2D eigenvalue weighted by molar-refractivity contribution is -0.144. The van der Waals surface area contributed by atoms with Crippen LogP contribution in [-0.2, 0) is 28.7 Å². The number of hydrogen-bond acceptors (Lipinski definition) is 5. The quantitative estimate of drug-likeness (QED) is 0.641. The molecule has 0 bridgehead atoms. The molecular formula is C28H32F3N3O3. The molecule has 0 saturated heterocycles. The minimum atomic E-state index is -4.45. The fourth-order valence-electron chi connectivity index (χ4n) is 7.18. The molecular weight excluding hydrogens is 483 g/mol. The Kier molecular flexibility index (Phi) is 6.18. The minimum absolute atomic E-state index is 0.0281. The van der Waals surface area contributed by atoms with Gasteiger partial charge in [0.1, 0.15) is 18.5 Å². The van der Waals surface area contributed by atoms with Gasteiger partial charge >= 0.3 is 6.18 Å². The molecule has 1 aromatic heterocycles. The lowest BCUT2D eigenvalue weighted by Gasteiger charge is -2.38. The Balaban J connectivity index is 1.21. The van der Waals surface area contributed by atoms with Gasteiger partial charge < -0.3 is 19.7 Å². The number of benzene rings is 1. The van der Waals surface area contributed by atoms with Crippen LogP contribution in [0, 0.1) is 11.3 Å². The van der Waals surface area contributed by atoms with E-state index in [1.807, 2.05) is 18.2 Å². The summed E-state index contributed by atoms with van der Waals surface area (Å²) in [6, 6.07) is 9.27. The number of nitrogens with one attached hydrogen (secondary N) is 1. The van der Waals surface area contributed by atoms with Crippen LogP contribution in [0.5, 0.6) is 5.75 Å². The van der Waals surface area contributed by atoms with Crippen LogP contribution in [0.15, 0.2) is 36.5 Å². The predicted molar refractivity (Wildman–Crippen MR) is 130 cm³/mol. The van der Waals surface area contributed by atoms with Crippen molar-refractivity contribution < 1.29 is 27.4 Å². The maximum atomic E-state index is 14.1. The highest BCUT2D eigenvalue weighted by atomic mass is 19.4. The van der Waals surface area contributed by atoms with Crippen molar-refractivity contribution in [2.75, 3.05) is 20.3 Å². The summed E-state index contributed by atoms with van der Waals surface area (Å²) in [5.74, 6) is 1.23. The zero-order chi connectivity index (χ0) is 25.8. The van der Waals surface area contributed by atoms with Crippen molar-refractivity contribution in [1.82, 2.24) is 15.2 Å². The van der Waals surface area contributed by atoms with Gasteiger partial charge in [-0.1, -0.05) is 24.6 Å². The summed E-state index contributed by atoms with van der Waals surface area (Å²) in [7, 11) is 1.69. The van der Waals surface area contributed by atoms with E-state index in [-0.39, 0.29) is 36.6 Å². The summed E-state index contributed by atoms with van der Waals surface area (Å²) in [4.78, 5) is 19.9. The molecule has 9 heteroatoms. The van der Waals surface area contributed by atoms with E-state index >= 15 is 0 Å². The van der Waals surface area contributed by atoms with Crippen molar-refractivity contribution in [3.63, 3.8) is 0 Å². The molecule has 2 fully saturated rings. The van der Waals surface area contributed by atoms with Crippen molar-refractivity contribution in [2.24, 2.45) is 11.3 Å². The number of nitrogens with zero attached hydrogens (tertiary/aromatic N) is 2. The molecule has 6 rings (SSSR count). The number of amides is 1. The number of aromatic nitrogens is 1. The fourth-order valence-corrected chi connectivity index (χ4v) is 7.18. The first kappa shape index (κ1) is 24.7. The normalized spacial score (nSPS) is 30.9. The van der Waals surface area contributed by atoms with Crippen molar-refractivity contribution >= 4 is 5.91 Å². The highest BCUT2D eigenvalue weighted by molar-refractivity contribution is 5.84. The molecule has 37 heavy (non-hydrogen) atoms. The van der Waals surface area contributed by atoms with Gasteiger partial charge in [0, 0.05) is 50.1 Å². The Morgan fingerprint density at radius 3 is 2.95 bits per heavy atom. The molecule has 2 aromatic rings. The number of alkyl halides is 3. The van der Waals surface area contributed by atoms with E-state index in [0.29, 0.717) is 30.8 Å². The Bertz CT molecular complexity index is 1190. The van der Waals surface area contributed by atoms with Crippen LogP contribution in [0.2, 0.25) is 0 Å². The highest BCUT2D eigenvalue weighted by Crippen LogP contribution is 2.56. The molecule has 2 saturated carbocycles. The largest absolute Gasteiger partial charge is 0.490 e. The second kappa shape index (κ2) is 9.27. The molecule has 0 radical (unpaired) electrons. The van der Waals surface area contributed by atoms with Crippen molar-refractivity contribution in [3.8, 4) is 5.75 Å². The molecule has 6 nitrogen and oxygen atoms in total. The summed E-state index contributed by atoms with van der Waals surface area (Å²) in [5.41, 5.74) is 1.02. The summed E-state index contributed by atoms with van der Waals surface area (Å²) in [5, 5.41) is 3.82. The number of carbonyl (C=O) groups is 1. The lowest BCUT2D eigenvalue weighted by atomic mass is 9.78. The summed E-state index contributed by atoms with van der Waals surface area (Å²) >= 11 is 0. The number of hydrogen-bond donors (Lipinski definition) is 1. The summed E-state index contributed by atoms with van der Waals surface area (Å²) in [6.45, 7) is 1.15. The SMILES string of the molecule is CO[C@H]1COc2ccccc2[C@@H]1N[C@@H]1C[C@H]2CCC[C@@]2(C(=O)N2CCc3ncc(C(F)(F)F)cc3C2)C1. The number of pyridine rings is 1. The molecule has 1 N–H and O–H groups in total.